The Kier molecular flexibility index (Phi) is 8.60. The number of hydrogen-bond donors (Lipinski definition) is 1. The van der Waals surface area contributed by atoms with Gasteiger partial charge >= 0.3 is 5.97 Å². The van der Waals surface area contributed by atoms with Crippen LogP contribution in [0.3, 0.4) is 0 Å². The van der Waals surface area contributed by atoms with E-state index >= 15 is 0 Å². The standard InChI is InChI=1S/C30H31N3O6/c1-6-36-23-12-13-27(37-7-2)26(14-23)33-30-25(29(35)32-22-10-8-18(3)9-11-22)15-24-21(17-38-20(5)34)16-31-19(4)28(24)39-30/h8-16H,6-7,17H2,1-5H3,(H,32,35). The topological polar surface area (TPSA) is 112 Å². The summed E-state index contributed by atoms with van der Waals surface area (Å²) in [5.74, 6) is 0.268. The van der Waals surface area contributed by atoms with Crippen molar-refractivity contribution in [3.63, 3.8) is 0 Å². The van der Waals surface area contributed by atoms with Crippen LogP contribution >= 0.6 is 0 Å². The first-order valence-corrected chi connectivity index (χ1v) is 12.7. The normalized spacial score (nSPS) is 11.4. The van der Waals surface area contributed by atoms with Crippen LogP contribution in [0.4, 0.5) is 11.4 Å². The van der Waals surface area contributed by atoms with Gasteiger partial charge < -0.3 is 23.9 Å². The SMILES string of the molecule is CCOc1ccc(OCC)c(N=c2oc3c(C)ncc(COC(C)=O)c3cc2C(=O)Nc2ccc(C)cc2)c1. The fraction of sp³-hybridized carbons (Fsp3) is 0.267. The lowest BCUT2D eigenvalue weighted by molar-refractivity contribution is -0.142. The first kappa shape index (κ1) is 27.4. The number of rotatable bonds is 9. The molecule has 2 aromatic heterocycles. The average Bonchev–Trinajstić information content (AvgIpc) is 2.91. The third kappa shape index (κ3) is 6.62. The van der Waals surface area contributed by atoms with Crippen LogP contribution in [0.5, 0.6) is 11.5 Å². The first-order chi connectivity index (χ1) is 18.8. The molecule has 4 rings (SSSR count). The van der Waals surface area contributed by atoms with Crippen molar-refractivity contribution in [2.45, 2.75) is 41.2 Å². The maximum Gasteiger partial charge on any atom is 0.302 e. The number of carbonyl (C=O) groups is 2. The zero-order valence-electron chi connectivity index (χ0n) is 22.7. The monoisotopic (exact) mass is 529 g/mol. The number of aromatic nitrogens is 1. The van der Waals surface area contributed by atoms with Crippen LogP contribution < -0.4 is 20.3 Å². The maximum atomic E-state index is 13.6. The summed E-state index contributed by atoms with van der Waals surface area (Å²) in [6, 6.07) is 14.4. The number of pyridine rings is 1. The van der Waals surface area contributed by atoms with Crippen molar-refractivity contribution in [3.8, 4) is 11.5 Å². The Morgan fingerprint density at radius 1 is 1.00 bits per heavy atom. The molecule has 1 N–H and O–H groups in total. The van der Waals surface area contributed by atoms with E-state index in [0.717, 1.165) is 5.56 Å². The van der Waals surface area contributed by atoms with Crippen molar-refractivity contribution in [3.05, 3.63) is 82.7 Å². The smallest absolute Gasteiger partial charge is 0.302 e. The molecule has 0 saturated carbocycles. The van der Waals surface area contributed by atoms with Crippen molar-refractivity contribution < 1.29 is 28.2 Å². The van der Waals surface area contributed by atoms with Crippen molar-refractivity contribution >= 4 is 34.2 Å². The third-order valence-corrected chi connectivity index (χ3v) is 5.80. The summed E-state index contributed by atoms with van der Waals surface area (Å²) in [4.78, 5) is 34.2. The van der Waals surface area contributed by atoms with Crippen LogP contribution in [0.2, 0.25) is 0 Å². The van der Waals surface area contributed by atoms with Crippen LogP contribution in [-0.2, 0) is 16.1 Å². The number of amides is 1. The highest BCUT2D eigenvalue weighted by Crippen LogP contribution is 2.32. The van der Waals surface area contributed by atoms with Crippen molar-refractivity contribution in [1.82, 2.24) is 4.98 Å². The minimum atomic E-state index is -0.428. The Morgan fingerprint density at radius 2 is 1.74 bits per heavy atom. The number of ether oxygens (including phenoxy) is 3. The molecular formula is C30H31N3O6. The molecule has 9 heteroatoms. The first-order valence-electron chi connectivity index (χ1n) is 12.7. The number of fused-ring (bicyclic) bond motifs is 1. The van der Waals surface area contributed by atoms with Gasteiger partial charge in [0.2, 0.25) is 5.55 Å². The molecule has 39 heavy (non-hydrogen) atoms. The van der Waals surface area contributed by atoms with Gasteiger partial charge in [-0.3, -0.25) is 14.6 Å². The van der Waals surface area contributed by atoms with E-state index in [1.54, 1.807) is 37.4 Å². The Hall–Kier alpha value is -4.66. The fourth-order valence-electron chi connectivity index (χ4n) is 3.89. The zero-order valence-corrected chi connectivity index (χ0v) is 22.7. The number of hydrogen-bond acceptors (Lipinski definition) is 8. The van der Waals surface area contributed by atoms with Gasteiger partial charge in [0.05, 0.1) is 18.9 Å². The second-order valence-corrected chi connectivity index (χ2v) is 8.78. The second kappa shape index (κ2) is 12.3. The van der Waals surface area contributed by atoms with Crippen LogP contribution in [0.25, 0.3) is 11.0 Å². The molecule has 0 spiro atoms. The van der Waals surface area contributed by atoms with Crippen LogP contribution in [-0.4, -0.2) is 30.1 Å². The molecule has 0 bridgehead atoms. The predicted molar refractivity (Wildman–Crippen MR) is 147 cm³/mol. The van der Waals surface area contributed by atoms with E-state index in [1.807, 2.05) is 45.0 Å². The van der Waals surface area contributed by atoms with Crippen molar-refractivity contribution in [1.29, 1.82) is 0 Å². The minimum Gasteiger partial charge on any atom is -0.494 e. The lowest BCUT2D eigenvalue weighted by Crippen LogP contribution is -2.22. The van der Waals surface area contributed by atoms with Crippen LogP contribution in [0.1, 0.15) is 48.0 Å². The highest BCUT2D eigenvalue weighted by Gasteiger charge is 2.18. The quantitative estimate of drug-likeness (QED) is 0.273. The van der Waals surface area contributed by atoms with Gasteiger partial charge in [-0.1, -0.05) is 17.7 Å². The molecule has 0 fully saturated rings. The van der Waals surface area contributed by atoms with E-state index in [2.05, 4.69) is 10.3 Å². The molecule has 0 aliphatic heterocycles. The van der Waals surface area contributed by atoms with Gasteiger partial charge in [0.25, 0.3) is 5.91 Å². The lowest BCUT2D eigenvalue weighted by Gasteiger charge is -2.12. The maximum absolute atomic E-state index is 13.6. The van der Waals surface area contributed by atoms with Crippen LogP contribution in [0.15, 0.2) is 64.1 Å². The number of esters is 1. The zero-order chi connectivity index (χ0) is 27.9. The second-order valence-electron chi connectivity index (χ2n) is 8.78. The number of anilines is 1. The fourth-order valence-corrected chi connectivity index (χ4v) is 3.89. The van der Waals surface area contributed by atoms with Crippen molar-refractivity contribution in [2.24, 2.45) is 4.99 Å². The Balaban J connectivity index is 1.94. The lowest BCUT2D eigenvalue weighted by atomic mass is 10.1. The molecule has 9 nitrogen and oxygen atoms in total. The van der Waals surface area contributed by atoms with Crippen molar-refractivity contribution in [2.75, 3.05) is 18.5 Å². The molecule has 0 unspecified atom stereocenters. The molecule has 2 aromatic carbocycles. The molecule has 0 aliphatic carbocycles. The summed E-state index contributed by atoms with van der Waals surface area (Å²) in [6.45, 7) is 9.75. The van der Waals surface area contributed by atoms with Gasteiger partial charge in [-0.05, 0) is 58.0 Å². The number of aryl methyl sites for hydroxylation is 2. The van der Waals surface area contributed by atoms with Gasteiger partial charge in [-0.15, -0.1) is 0 Å². The van der Waals surface area contributed by atoms with E-state index in [1.165, 1.54) is 6.92 Å². The molecular weight excluding hydrogens is 498 g/mol. The summed E-state index contributed by atoms with van der Waals surface area (Å²) < 4.78 is 22.9. The minimum absolute atomic E-state index is 0.0188. The van der Waals surface area contributed by atoms with Gasteiger partial charge in [0.1, 0.15) is 29.4 Å². The molecule has 0 radical (unpaired) electrons. The Labute approximate surface area is 226 Å². The molecule has 1 amide bonds. The number of nitrogens with one attached hydrogen (secondary N) is 1. The summed E-state index contributed by atoms with van der Waals surface area (Å²) in [7, 11) is 0. The van der Waals surface area contributed by atoms with Gasteiger partial charge in [0.15, 0.2) is 5.58 Å². The van der Waals surface area contributed by atoms with Gasteiger partial charge in [0, 0.05) is 35.8 Å². The highest BCUT2D eigenvalue weighted by molar-refractivity contribution is 6.05. The van der Waals surface area contributed by atoms with E-state index < -0.39 is 11.9 Å². The van der Waals surface area contributed by atoms with Gasteiger partial charge in [-0.2, -0.15) is 0 Å². The third-order valence-electron chi connectivity index (χ3n) is 5.80. The van der Waals surface area contributed by atoms with E-state index in [9.17, 15) is 9.59 Å². The Bertz CT molecular complexity index is 1570. The summed E-state index contributed by atoms with van der Waals surface area (Å²) >= 11 is 0. The Morgan fingerprint density at radius 3 is 2.44 bits per heavy atom. The van der Waals surface area contributed by atoms with E-state index in [0.29, 0.717) is 58.3 Å². The molecule has 0 saturated heterocycles. The predicted octanol–water partition coefficient (Wildman–Crippen LogP) is 5.79. The molecule has 2 heterocycles. The molecule has 0 atom stereocenters. The van der Waals surface area contributed by atoms with Crippen LogP contribution in [0, 0.1) is 13.8 Å². The summed E-state index contributed by atoms with van der Waals surface area (Å²) in [6.07, 6.45) is 1.60. The number of benzene rings is 2. The average molecular weight is 530 g/mol. The van der Waals surface area contributed by atoms with E-state index in [4.69, 9.17) is 23.6 Å². The molecule has 4 aromatic rings. The molecule has 202 valence electrons. The number of nitrogens with zero attached hydrogens (tertiary/aromatic N) is 2. The summed E-state index contributed by atoms with van der Waals surface area (Å²) in [5, 5.41) is 3.50. The van der Waals surface area contributed by atoms with E-state index in [-0.39, 0.29) is 17.7 Å². The largest absolute Gasteiger partial charge is 0.494 e. The highest BCUT2D eigenvalue weighted by atomic mass is 16.5. The molecule has 0 aliphatic rings. The van der Waals surface area contributed by atoms with Gasteiger partial charge in [-0.25, -0.2) is 4.99 Å². The number of carbonyl (C=O) groups excluding carboxylic acids is 2. The summed E-state index contributed by atoms with van der Waals surface area (Å²) in [5.41, 5.74) is 3.99.